The molecule has 0 aromatic carbocycles. The van der Waals surface area contributed by atoms with Crippen LogP contribution in [0.3, 0.4) is 0 Å². The lowest BCUT2D eigenvalue weighted by Gasteiger charge is -2.18. The minimum atomic E-state index is -0.792. The van der Waals surface area contributed by atoms with Gasteiger partial charge in [0.15, 0.2) is 6.10 Å². The van der Waals surface area contributed by atoms with Gasteiger partial charge in [0.1, 0.15) is 13.2 Å². The number of allylic oxidation sites excluding steroid dienone is 20. The van der Waals surface area contributed by atoms with Gasteiger partial charge in [-0.2, -0.15) is 0 Å². The Morgan fingerprint density at radius 1 is 0.253 bits per heavy atom. The highest BCUT2D eigenvalue weighted by atomic mass is 16.6. The fourth-order valence-electron chi connectivity index (χ4n) is 9.69. The molecule has 0 N–H and O–H groups in total. The Labute approximate surface area is 513 Å². The largest absolute Gasteiger partial charge is 0.462 e. The third-order valence-electron chi connectivity index (χ3n) is 14.9. The topological polar surface area (TPSA) is 78.9 Å². The summed E-state index contributed by atoms with van der Waals surface area (Å²) in [6.45, 7) is 6.46. The van der Waals surface area contributed by atoms with Gasteiger partial charge in [0, 0.05) is 19.3 Å². The highest BCUT2D eigenvalue weighted by Gasteiger charge is 2.19. The molecule has 0 aliphatic carbocycles. The van der Waals surface area contributed by atoms with Crippen LogP contribution in [0.5, 0.6) is 0 Å². The minimum absolute atomic E-state index is 0.0882. The van der Waals surface area contributed by atoms with Crippen molar-refractivity contribution in [3.8, 4) is 0 Å². The van der Waals surface area contributed by atoms with Crippen molar-refractivity contribution in [3.05, 3.63) is 122 Å². The molecule has 6 nitrogen and oxygen atoms in total. The maximum absolute atomic E-state index is 13.0. The second-order valence-corrected chi connectivity index (χ2v) is 23.1. The SMILES string of the molecule is CC/C=C\C/C=C\C/C=C\C/C=C\C/C=C\C/C=C\CCCCCCCCCCC(=O)OCC(COC(=O)CCCCCCC/C=C\C/C=C\CCC)OC(=O)CCCCCCCCCCCCCCC/C=C\C/C=C\CCCCCCC. The van der Waals surface area contributed by atoms with Crippen LogP contribution in [-0.4, -0.2) is 37.2 Å². The summed E-state index contributed by atoms with van der Waals surface area (Å²) in [5.41, 5.74) is 0. The lowest BCUT2D eigenvalue weighted by atomic mass is 10.0. The highest BCUT2D eigenvalue weighted by molar-refractivity contribution is 5.71. The summed E-state index contributed by atoms with van der Waals surface area (Å²) in [6.07, 6.45) is 97.9. The molecular formula is C77H130O6. The van der Waals surface area contributed by atoms with E-state index >= 15 is 0 Å². The first-order valence-corrected chi connectivity index (χ1v) is 35.0. The van der Waals surface area contributed by atoms with Gasteiger partial charge in [-0.15, -0.1) is 0 Å². The molecule has 6 heteroatoms. The number of hydrogen-bond donors (Lipinski definition) is 0. The van der Waals surface area contributed by atoms with E-state index in [1.807, 2.05) is 0 Å². The van der Waals surface area contributed by atoms with Crippen molar-refractivity contribution in [1.29, 1.82) is 0 Å². The van der Waals surface area contributed by atoms with Crippen molar-refractivity contribution in [2.45, 2.75) is 335 Å². The number of esters is 3. The molecule has 0 rings (SSSR count). The van der Waals surface area contributed by atoms with E-state index in [0.717, 1.165) is 141 Å². The fraction of sp³-hybridized carbons (Fsp3) is 0.701. The van der Waals surface area contributed by atoms with Crippen molar-refractivity contribution in [2.75, 3.05) is 13.2 Å². The average Bonchev–Trinajstić information content (AvgIpc) is 3.49. The lowest BCUT2D eigenvalue weighted by molar-refractivity contribution is -0.167. The number of rotatable bonds is 63. The molecule has 0 heterocycles. The monoisotopic (exact) mass is 1150 g/mol. The summed E-state index contributed by atoms with van der Waals surface area (Å²) < 4.78 is 17.0. The van der Waals surface area contributed by atoms with Gasteiger partial charge < -0.3 is 14.2 Å². The van der Waals surface area contributed by atoms with Crippen LogP contribution in [0.4, 0.5) is 0 Å². The van der Waals surface area contributed by atoms with E-state index in [1.54, 1.807) is 0 Å². The number of carbonyl (C=O) groups excluding carboxylic acids is 3. The second kappa shape index (κ2) is 70.3. The van der Waals surface area contributed by atoms with E-state index in [2.05, 4.69) is 142 Å². The smallest absolute Gasteiger partial charge is 0.306 e. The van der Waals surface area contributed by atoms with Gasteiger partial charge in [-0.05, 0) is 128 Å². The first-order chi connectivity index (χ1) is 41.0. The summed E-state index contributed by atoms with van der Waals surface area (Å²) in [6, 6.07) is 0. The molecule has 83 heavy (non-hydrogen) atoms. The summed E-state index contributed by atoms with van der Waals surface area (Å²) in [5.74, 6) is -0.901. The highest BCUT2D eigenvalue weighted by Crippen LogP contribution is 2.16. The maximum Gasteiger partial charge on any atom is 0.306 e. The molecule has 0 radical (unpaired) electrons. The molecule has 0 fully saturated rings. The Morgan fingerprint density at radius 2 is 0.494 bits per heavy atom. The molecule has 0 aromatic rings. The number of hydrogen-bond acceptors (Lipinski definition) is 6. The normalized spacial score (nSPS) is 12.9. The molecule has 1 atom stereocenters. The molecule has 0 bridgehead atoms. The predicted molar refractivity (Wildman–Crippen MR) is 362 cm³/mol. The van der Waals surface area contributed by atoms with Gasteiger partial charge in [0.05, 0.1) is 0 Å². The number of unbranched alkanes of at least 4 members (excludes halogenated alkanes) is 32. The van der Waals surface area contributed by atoms with E-state index < -0.39 is 6.10 Å². The minimum Gasteiger partial charge on any atom is -0.462 e. The van der Waals surface area contributed by atoms with Crippen LogP contribution < -0.4 is 0 Å². The second-order valence-electron chi connectivity index (χ2n) is 23.1. The van der Waals surface area contributed by atoms with E-state index in [-0.39, 0.29) is 31.1 Å². The Kier molecular flexibility index (Phi) is 66.7. The standard InChI is InChI=1S/C77H130O6/c1-4-7-10-13-16-19-22-25-27-29-31-33-35-37-38-40-41-43-45-47-49-52-55-58-61-64-67-70-76(79)82-73-74(72-81-75(78)69-66-63-60-57-54-51-24-21-18-15-12-9-6-3)83-77(80)71-68-65-62-59-56-53-50-48-46-44-42-39-36-34-32-30-28-26-23-20-17-14-11-8-5-2/h7,10,12,15-16,19,21,23-27,30-33,37-38,41,43,74H,4-6,8-9,11,13-14,17-18,20,22,28-29,34-36,39-40,42,44-73H2,1-3H3/b10-7-,15-12-,19-16-,24-21-,26-23-,27-25-,32-30-,33-31-,38-37-,43-41-. The molecule has 474 valence electrons. The van der Waals surface area contributed by atoms with Gasteiger partial charge in [-0.3, -0.25) is 14.4 Å². The van der Waals surface area contributed by atoms with Crippen LogP contribution in [0.2, 0.25) is 0 Å². The number of ether oxygens (including phenoxy) is 3. The van der Waals surface area contributed by atoms with E-state index in [1.165, 1.54) is 148 Å². The predicted octanol–water partition coefficient (Wildman–Crippen LogP) is 24.3. The molecule has 0 amide bonds. The van der Waals surface area contributed by atoms with Gasteiger partial charge in [0.2, 0.25) is 0 Å². The van der Waals surface area contributed by atoms with Crippen molar-refractivity contribution in [3.63, 3.8) is 0 Å². The molecule has 0 saturated heterocycles. The lowest BCUT2D eigenvalue weighted by Crippen LogP contribution is -2.30. The van der Waals surface area contributed by atoms with Crippen molar-refractivity contribution >= 4 is 17.9 Å². The molecule has 0 saturated carbocycles. The summed E-state index contributed by atoms with van der Waals surface area (Å²) >= 11 is 0. The molecule has 0 aromatic heterocycles. The van der Waals surface area contributed by atoms with Crippen LogP contribution in [0.25, 0.3) is 0 Å². The Bertz CT molecular complexity index is 1700. The van der Waals surface area contributed by atoms with Gasteiger partial charge in [-0.25, -0.2) is 0 Å². The van der Waals surface area contributed by atoms with Crippen LogP contribution in [0.1, 0.15) is 329 Å². The molecule has 0 aliphatic heterocycles. The van der Waals surface area contributed by atoms with Crippen LogP contribution >= 0.6 is 0 Å². The van der Waals surface area contributed by atoms with Crippen molar-refractivity contribution in [1.82, 2.24) is 0 Å². The third-order valence-corrected chi connectivity index (χ3v) is 14.9. The third kappa shape index (κ3) is 68.5. The van der Waals surface area contributed by atoms with Crippen molar-refractivity contribution in [2.24, 2.45) is 0 Å². The van der Waals surface area contributed by atoms with E-state index in [9.17, 15) is 14.4 Å². The van der Waals surface area contributed by atoms with Crippen LogP contribution in [0, 0.1) is 0 Å². The molecule has 1 unspecified atom stereocenters. The van der Waals surface area contributed by atoms with Crippen LogP contribution in [0.15, 0.2) is 122 Å². The Balaban J connectivity index is 4.32. The fourth-order valence-corrected chi connectivity index (χ4v) is 9.69. The summed E-state index contributed by atoms with van der Waals surface area (Å²) in [7, 11) is 0. The first kappa shape index (κ1) is 78.8. The maximum atomic E-state index is 13.0. The van der Waals surface area contributed by atoms with Gasteiger partial charge in [0.25, 0.3) is 0 Å². The first-order valence-electron chi connectivity index (χ1n) is 35.0. The van der Waals surface area contributed by atoms with E-state index in [4.69, 9.17) is 14.2 Å². The quantitative estimate of drug-likeness (QED) is 0.0261. The zero-order valence-corrected chi connectivity index (χ0v) is 54.4. The molecule has 0 aliphatic rings. The Hall–Kier alpha value is -4.19. The zero-order valence-electron chi connectivity index (χ0n) is 54.4. The average molecular weight is 1150 g/mol. The van der Waals surface area contributed by atoms with E-state index in [0.29, 0.717) is 19.3 Å². The van der Waals surface area contributed by atoms with Crippen molar-refractivity contribution < 1.29 is 28.6 Å². The van der Waals surface area contributed by atoms with Gasteiger partial charge >= 0.3 is 17.9 Å². The summed E-state index contributed by atoms with van der Waals surface area (Å²) in [4.78, 5) is 38.4. The van der Waals surface area contributed by atoms with Gasteiger partial charge in [-0.1, -0.05) is 303 Å². The van der Waals surface area contributed by atoms with Crippen LogP contribution in [-0.2, 0) is 28.6 Å². The summed E-state index contributed by atoms with van der Waals surface area (Å²) in [5, 5.41) is 0. The Morgan fingerprint density at radius 3 is 0.783 bits per heavy atom. The number of carbonyl (C=O) groups is 3. The molecular weight excluding hydrogens is 1020 g/mol. The zero-order chi connectivity index (χ0) is 59.9. The molecule has 0 spiro atoms.